The highest BCUT2D eigenvalue weighted by atomic mass is 19.3. The normalized spacial score (nSPS) is 14.0. The number of hydrogen-bond acceptors (Lipinski definition) is 6. The summed E-state index contributed by atoms with van der Waals surface area (Å²) < 4.78 is 32.5. The number of imidazole rings is 1. The lowest BCUT2D eigenvalue weighted by atomic mass is 10.1. The molecule has 3 aromatic heterocycles. The van der Waals surface area contributed by atoms with E-state index in [0.29, 0.717) is 31.0 Å². The summed E-state index contributed by atoms with van der Waals surface area (Å²) in [5, 5.41) is 2.79. The number of halogens is 2. The molecule has 1 aliphatic heterocycles. The Morgan fingerprint density at radius 2 is 1.94 bits per heavy atom. The number of anilines is 1. The molecule has 180 valence electrons. The van der Waals surface area contributed by atoms with Gasteiger partial charge < -0.3 is 19.4 Å². The topological polar surface area (TPSA) is 84.7 Å². The Bertz CT molecular complexity index is 1390. The van der Waals surface area contributed by atoms with E-state index in [9.17, 15) is 13.6 Å². The van der Waals surface area contributed by atoms with Gasteiger partial charge in [0.2, 0.25) is 11.9 Å². The van der Waals surface area contributed by atoms with E-state index >= 15 is 0 Å². The van der Waals surface area contributed by atoms with Gasteiger partial charge in [-0.3, -0.25) is 4.79 Å². The van der Waals surface area contributed by atoms with E-state index in [1.54, 1.807) is 36.7 Å². The van der Waals surface area contributed by atoms with Crippen molar-refractivity contribution in [2.24, 2.45) is 0 Å². The van der Waals surface area contributed by atoms with Gasteiger partial charge in [0.05, 0.1) is 12.2 Å². The number of carbonyl (C=O) groups excluding carboxylic acids is 1. The number of rotatable bonds is 6. The van der Waals surface area contributed by atoms with Gasteiger partial charge in [-0.15, -0.1) is 0 Å². The van der Waals surface area contributed by atoms with Gasteiger partial charge in [0, 0.05) is 60.5 Å². The molecule has 0 saturated carbocycles. The molecule has 1 aromatic carbocycles. The van der Waals surface area contributed by atoms with E-state index in [4.69, 9.17) is 4.74 Å². The highest BCUT2D eigenvalue weighted by molar-refractivity contribution is 5.82. The number of alkyl halides is 2. The molecule has 4 aromatic rings. The van der Waals surface area contributed by atoms with Gasteiger partial charge >= 0.3 is 6.61 Å². The number of piperazine rings is 1. The molecule has 0 bridgehead atoms. The minimum absolute atomic E-state index is 0.0475. The molecule has 0 unspecified atom stereocenters. The lowest BCUT2D eigenvalue weighted by Gasteiger charge is -2.26. The molecule has 4 heterocycles. The Labute approximate surface area is 200 Å². The third-order valence-electron chi connectivity index (χ3n) is 6.08. The molecule has 8 nitrogen and oxygen atoms in total. The Balaban J connectivity index is 1.49. The van der Waals surface area contributed by atoms with Crippen molar-refractivity contribution >= 4 is 17.5 Å². The highest BCUT2D eigenvalue weighted by Crippen LogP contribution is 2.29. The van der Waals surface area contributed by atoms with Crippen LogP contribution >= 0.6 is 0 Å². The van der Waals surface area contributed by atoms with E-state index in [1.165, 1.54) is 0 Å². The predicted octanol–water partition coefficient (Wildman–Crippen LogP) is 3.54. The van der Waals surface area contributed by atoms with E-state index in [-0.39, 0.29) is 18.2 Å². The van der Waals surface area contributed by atoms with E-state index < -0.39 is 6.61 Å². The van der Waals surface area contributed by atoms with Crippen LogP contribution in [-0.2, 0) is 11.2 Å². The maximum atomic E-state index is 12.9. The number of para-hydroxylation sites is 1. The van der Waals surface area contributed by atoms with Gasteiger partial charge in [0.15, 0.2) is 0 Å². The average molecular weight is 479 g/mol. The van der Waals surface area contributed by atoms with Crippen LogP contribution in [0.4, 0.5) is 14.7 Å². The summed E-state index contributed by atoms with van der Waals surface area (Å²) in [7, 11) is 0. The quantitative estimate of drug-likeness (QED) is 0.457. The number of aromatic nitrogens is 4. The monoisotopic (exact) mass is 478 g/mol. The second kappa shape index (κ2) is 9.28. The third kappa shape index (κ3) is 4.64. The molecule has 1 aliphatic rings. The van der Waals surface area contributed by atoms with E-state index in [2.05, 4.69) is 20.3 Å². The van der Waals surface area contributed by atoms with Crippen LogP contribution in [0.15, 0.2) is 48.9 Å². The van der Waals surface area contributed by atoms with Crippen LogP contribution in [0.25, 0.3) is 16.8 Å². The van der Waals surface area contributed by atoms with Crippen LogP contribution in [-0.4, -0.2) is 51.5 Å². The Kier molecular flexibility index (Phi) is 6.02. The zero-order chi connectivity index (χ0) is 24.5. The van der Waals surface area contributed by atoms with Crippen molar-refractivity contribution in [2.75, 3.05) is 24.5 Å². The Hall–Kier alpha value is -4.08. The molecule has 0 spiro atoms. The fourth-order valence-corrected chi connectivity index (χ4v) is 4.34. The summed E-state index contributed by atoms with van der Waals surface area (Å²) in [6.45, 7) is 2.46. The second-order valence-electron chi connectivity index (χ2n) is 8.45. The van der Waals surface area contributed by atoms with Gasteiger partial charge in [0.25, 0.3) is 0 Å². The molecule has 1 saturated heterocycles. The smallest absolute Gasteiger partial charge is 0.387 e. The minimum Gasteiger partial charge on any atom is -0.435 e. The number of amides is 1. The largest absolute Gasteiger partial charge is 0.435 e. The van der Waals surface area contributed by atoms with Crippen molar-refractivity contribution in [2.45, 2.75) is 26.9 Å². The van der Waals surface area contributed by atoms with Crippen molar-refractivity contribution in [1.29, 1.82) is 0 Å². The number of nitrogens with zero attached hydrogens (tertiary/aromatic N) is 5. The van der Waals surface area contributed by atoms with Crippen molar-refractivity contribution in [3.05, 3.63) is 71.4 Å². The SMILES string of the molecule is Cc1cc2nc(C)c(Cc3ccccc3OC(F)F)n2cc1-c1cnc(N2CCNC(=O)C2)nc1. The fourth-order valence-electron chi connectivity index (χ4n) is 4.34. The second-order valence-corrected chi connectivity index (χ2v) is 8.45. The van der Waals surface area contributed by atoms with Crippen molar-refractivity contribution in [3.8, 4) is 16.9 Å². The summed E-state index contributed by atoms with van der Waals surface area (Å²) in [6.07, 6.45) is 5.85. The van der Waals surface area contributed by atoms with Gasteiger partial charge in [-0.2, -0.15) is 8.78 Å². The molecule has 0 aliphatic carbocycles. The molecule has 1 amide bonds. The molecule has 10 heteroatoms. The fraction of sp³-hybridized carbons (Fsp3) is 0.280. The van der Waals surface area contributed by atoms with Crippen molar-refractivity contribution in [1.82, 2.24) is 24.7 Å². The predicted molar refractivity (Wildman–Crippen MR) is 127 cm³/mol. The summed E-state index contributed by atoms with van der Waals surface area (Å²) in [4.78, 5) is 27.2. The Morgan fingerprint density at radius 3 is 2.69 bits per heavy atom. The summed E-state index contributed by atoms with van der Waals surface area (Å²) >= 11 is 0. The number of ether oxygens (including phenoxy) is 1. The van der Waals surface area contributed by atoms with Crippen LogP contribution in [0.3, 0.4) is 0 Å². The number of pyridine rings is 1. The van der Waals surface area contributed by atoms with Crippen molar-refractivity contribution in [3.63, 3.8) is 0 Å². The molecule has 0 atom stereocenters. The first-order chi connectivity index (χ1) is 16.9. The van der Waals surface area contributed by atoms with Crippen LogP contribution in [0.1, 0.15) is 22.5 Å². The van der Waals surface area contributed by atoms with Crippen molar-refractivity contribution < 1.29 is 18.3 Å². The summed E-state index contributed by atoms with van der Waals surface area (Å²) in [5.74, 6) is 0.616. The Morgan fingerprint density at radius 1 is 1.17 bits per heavy atom. The van der Waals surface area contributed by atoms with E-state index in [1.807, 2.05) is 35.4 Å². The highest BCUT2D eigenvalue weighted by Gasteiger charge is 2.19. The lowest BCUT2D eigenvalue weighted by molar-refractivity contribution is -0.120. The molecule has 5 rings (SSSR count). The van der Waals surface area contributed by atoms with Gasteiger partial charge in [-0.1, -0.05) is 18.2 Å². The van der Waals surface area contributed by atoms with Crippen LogP contribution in [0.5, 0.6) is 5.75 Å². The average Bonchev–Trinajstić information content (AvgIpc) is 3.13. The number of carbonyl (C=O) groups is 1. The number of benzene rings is 1. The standard InChI is InChI=1S/C25H24F2N6O2/c1-15-9-22-31-16(2)20(10-17-5-3-4-6-21(17)35-24(26)27)33(22)13-19(15)18-11-29-25(30-12-18)32-8-7-28-23(34)14-32/h3-6,9,11-13,24H,7-8,10,14H2,1-2H3,(H,28,34). The summed E-state index contributed by atoms with van der Waals surface area (Å²) in [6, 6.07) is 8.77. The minimum atomic E-state index is -2.89. The lowest BCUT2D eigenvalue weighted by Crippen LogP contribution is -2.48. The number of hydrogen-bond donors (Lipinski definition) is 1. The zero-order valence-electron chi connectivity index (χ0n) is 19.3. The van der Waals surface area contributed by atoms with Gasteiger partial charge in [0.1, 0.15) is 11.4 Å². The molecule has 35 heavy (non-hydrogen) atoms. The number of fused-ring (bicyclic) bond motifs is 1. The third-order valence-corrected chi connectivity index (χ3v) is 6.08. The first-order valence-electron chi connectivity index (χ1n) is 11.2. The van der Waals surface area contributed by atoms with Crippen LogP contribution in [0.2, 0.25) is 0 Å². The maximum absolute atomic E-state index is 12.9. The summed E-state index contributed by atoms with van der Waals surface area (Å²) in [5.41, 5.74) is 5.86. The first kappa shape index (κ1) is 22.7. The molecular weight excluding hydrogens is 454 g/mol. The molecule has 0 radical (unpaired) electrons. The van der Waals surface area contributed by atoms with E-state index in [0.717, 1.165) is 33.7 Å². The number of nitrogens with one attached hydrogen (secondary N) is 1. The van der Waals surface area contributed by atoms with Gasteiger partial charge in [-0.25, -0.2) is 15.0 Å². The molecule has 1 fully saturated rings. The molecular formula is C25H24F2N6O2. The zero-order valence-corrected chi connectivity index (χ0v) is 19.3. The number of aryl methyl sites for hydroxylation is 2. The van der Waals surface area contributed by atoms with Crippen LogP contribution < -0.4 is 15.0 Å². The van der Waals surface area contributed by atoms with Gasteiger partial charge in [-0.05, 0) is 31.5 Å². The first-order valence-corrected chi connectivity index (χ1v) is 11.2. The molecule has 1 N–H and O–H groups in total. The van der Waals surface area contributed by atoms with Crippen LogP contribution in [0, 0.1) is 13.8 Å². The maximum Gasteiger partial charge on any atom is 0.387 e.